The van der Waals surface area contributed by atoms with Crippen LogP contribution in [0.15, 0.2) is 12.0 Å². The third kappa shape index (κ3) is 2.89. The maximum absolute atomic E-state index is 12.3. The van der Waals surface area contributed by atoms with Crippen molar-refractivity contribution in [1.29, 1.82) is 0 Å². The number of rotatable bonds is 1. The average molecular weight is 211 g/mol. The first-order valence-corrected chi connectivity index (χ1v) is 4.68. The summed E-state index contributed by atoms with van der Waals surface area (Å²) < 4.78 is 49.0. The molecule has 0 spiro atoms. The zero-order valence-corrected chi connectivity index (χ0v) is 7.78. The summed E-state index contributed by atoms with van der Waals surface area (Å²) in [5, 5.41) is 0. The van der Waals surface area contributed by atoms with Crippen LogP contribution in [0.5, 0.6) is 0 Å². The molecule has 0 aliphatic carbocycles. The van der Waals surface area contributed by atoms with Crippen molar-refractivity contribution in [3.05, 3.63) is 12.0 Å². The summed E-state index contributed by atoms with van der Waals surface area (Å²) in [4.78, 5) is 1.09. The summed E-state index contributed by atoms with van der Waals surface area (Å²) >= 11 is 0. The molecule has 0 amide bonds. The van der Waals surface area contributed by atoms with E-state index in [0.717, 1.165) is 17.7 Å². The van der Waals surface area contributed by atoms with Crippen LogP contribution in [0.4, 0.5) is 17.6 Å². The highest BCUT2D eigenvalue weighted by atomic mass is 19.4. The van der Waals surface area contributed by atoms with E-state index in [0.29, 0.717) is 25.9 Å². The number of hydrogen-bond donors (Lipinski definition) is 0. The van der Waals surface area contributed by atoms with E-state index in [1.807, 2.05) is 0 Å². The van der Waals surface area contributed by atoms with Gasteiger partial charge in [0.05, 0.1) is 0 Å². The van der Waals surface area contributed by atoms with Crippen molar-refractivity contribution < 1.29 is 17.6 Å². The monoisotopic (exact) mass is 211 g/mol. The molecule has 0 aromatic heterocycles. The summed E-state index contributed by atoms with van der Waals surface area (Å²) in [7, 11) is 0. The molecule has 1 rings (SSSR count). The zero-order chi connectivity index (χ0) is 10.6. The van der Waals surface area contributed by atoms with Crippen LogP contribution in [0, 0.1) is 0 Å². The van der Waals surface area contributed by atoms with E-state index in [-0.39, 0.29) is 6.33 Å². The van der Waals surface area contributed by atoms with E-state index in [4.69, 9.17) is 0 Å². The predicted molar refractivity (Wildman–Crippen MR) is 45.3 cm³/mol. The molecule has 1 saturated heterocycles. The van der Waals surface area contributed by atoms with Crippen molar-refractivity contribution in [2.75, 3.05) is 13.1 Å². The van der Waals surface area contributed by atoms with E-state index < -0.39 is 11.9 Å². The summed E-state index contributed by atoms with van der Waals surface area (Å²) in [6.45, 7) is 0.602. The Kier molecular flexibility index (Phi) is 3.77. The van der Waals surface area contributed by atoms with Crippen LogP contribution < -0.4 is 0 Å². The SMILES string of the molecule is F/C=C(\N1CCCCCC1)C(F)(F)F. The second-order valence-corrected chi connectivity index (χ2v) is 3.39. The summed E-state index contributed by atoms with van der Waals surface area (Å²) in [5.41, 5.74) is -1.14. The Morgan fingerprint density at radius 2 is 1.50 bits per heavy atom. The van der Waals surface area contributed by atoms with Crippen LogP contribution in [-0.2, 0) is 0 Å². The van der Waals surface area contributed by atoms with Gasteiger partial charge in [0.15, 0.2) is 0 Å². The predicted octanol–water partition coefficient (Wildman–Crippen LogP) is 3.24. The van der Waals surface area contributed by atoms with Crippen LogP contribution in [-0.4, -0.2) is 24.2 Å². The molecule has 1 fully saturated rings. The zero-order valence-electron chi connectivity index (χ0n) is 7.78. The van der Waals surface area contributed by atoms with Gasteiger partial charge in [-0.2, -0.15) is 13.2 Å². The minimum absolute atomic E-state index is 0.301. The highest BCUT2D eigenvalue weighted by molar-refractivity contribution is 5.04. The number of nitrogens with zero attached hydrogens (tertiary/aromatic N) is 1. The molecular formula is C9H13F4N. The molecule has 1 aliphatic rings. The molecule has 0 saturated carbocycles. The van der Waals surface area contributed by atoms with Crippen molar-refractivity contribution in [3.63, 3.8) is 0 Å². The Morgan fingerprint density at radius 3 is 1.86 bits per heavy atom. The highest BCUT2D eigenvalue weighted by Gasteiger charge is 2.38. The van der Waals surface area contributed by atoms with Crippen LogP contribution in [0.3, 0.4) is 0 Å². The maximum atomic E-state index is 12.3. The standard InChI is InChI=1S/C9H13F4N/c10-7-8(9(11,12)13)14-5-3-1-2-4-6-14/h7H,1-6H2/b8-7-. The van der Waals surface area contributed by atoms with Gasteiger partial charge in [0, 0.05) is 13.1 Å². The molecule has 82 valence electrons. The van der Waals surface area contributed by atoms with Crippen molar-refractivity contribution in [2.24, 2.45) is 0 Å². The Labute approximate surface area is 80.4 Å². The van der Waals surface area contributed by atoms with Gasteiger partial charge in [-0.15, -0.1) is 0 Å². The Bertz CT molecular complexity index is 201. The Balaban J connectivity index is 2.68. The second-order valence-electron chi connectivity index (χ2n) is 3.39. The molecule has 0 radical (unpaired) electrons. The van der Waals surface area contributed by atoms with Gasteiger partial charge in [-0.25, -0.2) is 4.39 Å². The molecule has 5 heteroatoms. The number of likely N-dealkylation sites (tertiary alicyclic amines) is 1. The smallest absolute Gasteiger partial charge is 0.366 e. The van der Waals surface area contributed by atoms with Gasteiger partial charge in [0.25, 0.3) is 0 Å². The summed E-state index contributed by atoms with van der Waals surface area (Å²) in [6, 6.07) is 0. The molecule has 0 bridgehead atoms. The molecule has 0 aromatic rings. The Hall–Kier alpha value is -0.740. The van der Waals surface area contributed by atoms with E-state index in [9.17, 15) is 17.6 Å². The topological polar surface area (TPSA) is 3.24 Å². The molecule has 1 heterocycles. The van der Waals surface area contributed by atoms with E-state index in [1.165, 1.54) is 0 Å². The number of hydrogen-bond acceptors (Lipinski definition) is 1. The molecule has 1 nitrogen and oxygen atoms in total. The van der Waals surface area contributed by atoms with E-state index in [1.54, 1.807) is 0 Å². The summed E-state index contributed by atoms with van der Waals surface area (Å²) in [6.07, 6.45) is -1.65. The molecule has 0 atom stereocenters. The fraction of sp³-hybridized carbons (Fsp3) is 0.778. The van der Waals surface area contributed by atoms with Crippen molar-refractivity contribution in [3.8, 4) is 0 Å². The van der Waals surface area contributed by atoms with Crippen molar-refractivity contribution in [2.45, 2.75) is 31.9 Å². The van der Waals surface area contributed by atoms with Gasteiger partial charge in [0.1, 0.15) is 12.0 Å². The summed E-state index contributed by atoms with van der Waals surface area (Å²) in [5.74, 6) is 0. The molecule has 0 aromatic carbocycles. The minimum Gasteiger partial charge on any atom is -0.366 e. The molecule has 0 unspecified atom stereocenters. The van der Waals surface area contributed by atoms with Gasteiger partial charge in [-0.1, -0.05) is 12.8 Å². The molecule has 1 aliphatic heterocycles. The first-order valence-electron chi connectivity index (χ1n) is 4.68. The van der Waals surface area contributed by atoms with Crippen LogP contribution >= 0.6 is 0 Å². The minimum atomic E-state index is -4.57. The van der Waals surface area contributed by atoms with E-state index >= 15 is 0 Å². The van der Waals surface area contributed by atoms with Crippen molar-refractivity contribution >= 4 is 0 Å². The quantitative estimate of drug-likeness (QED) is 0.602. The third-order valence-corrected chi connectivity index (χ3v) is 2.34. The van der Waals surface area contributed by atoms with Crippen LogP contribution in [0.1, 0.15) is 25.7 Å². The Morgan fingerprint density at radius 1 is 1.00 bits per heavy atom. The first-order chi connectivity index (χ1) is 6.55. The number of alkyl halides is 3. The van der Waals surface area contributed by atoms with E-state index in [2.05, 4.69) is 0 Å². The maximum Gasteiger partial charge on any atom is 0.433 e. The van der Waals surface area contributed by atoms with Gasteiger partial charge < -0.3 is 4.90 Å². The normalized spacial score (nSPS) is 20.9. The highest BCUT2D eigenvalue weighted by Crippen LogP contribution is 2.30. The lowest BCUT2D eigenvalue weighted by Crippen LogP contribution is -2.32. The van der Waals surface area contributed by atoms with Gasteiger partial charge in [-0.3, -0.25) is 0 Å². The fourth-order valence-electron chi connectivity index (χ4n) is 1.62. The lowest BCUT2D eigenvalue weighted by Gasteiger charge is -2.25. The van der Waals surface area contributed by atoms with Gasteiger partial charge >= 0.3 is 6.18 Å². The number of allylic oxidation sites excluding steroid dienone is 1. The fourth-order valence-corrected chi connectivity index (χ4v) is 1.62. The molecule has 0 N–H and O–H groups in total. The lowest BCUT2D eigenvalue weighted by molar-refractivity contribution is -0.112. The van der Waals surface area contributed by atoms with Gasteiger partial charge in [-0.05, 0) is 12.8 Å². The van der Waals surface area contributed by atoms with Gasteiger partial charge in [0.2, 0.25) is 0 Å². The lowest BCUT2D eigenvalue weighted by atomic mass is 10.2. The van der Waals surface area contributed by atoms with Crippen LogP contribution in [0.2, 0.25) is 0 Å². The third-order valence-electron chi connectivity index (χ3n) is 2.34. The number of halogens is 4. The second kappa shape index (κ2) is 4.66. The molecular weight excluding hydrogens is 198 g/mol. The first kappa shape index (κ1) is 11.3. The largest absolute Gasteiger partial charge is 0.433 e. The average Bonchev–Trinajstić information content (AvgIpc) is 2.31. The molecule has 14 heavy (non-hydrogen) atoms. The van der Waals surface area contributed by atoms with Crippen LogP contribution in [0.25, 0.3) is 0 Å². The van der Waals surface area contributed by atoms with Crippen molar-refractivity contribution in [1.82, 2.24) is 4.90 Å².